The molecule has 1 saturated heterocycles. The van der Waals surface area contributed by atoms with E-state index in [1.165, 1.54) is 0 Å². The molecule has 25 heavy (non-hydrogen) atoms. The molecular weight excluding hydrogens is 318 g/mol. The van der Waals surface area contributed by atoms with Crippen LogP contribution < -0.4 is 10.2 Å². The predicted octanol–water partition coefficient (Wildman–Crippen LogP) is 0.378. The standard InChI is InChI=1S/C17H25N7O/c1-13(10-15-11-14(2)21-22-15)20-16(25)12-23-6-8-24(9-7-23)17-18-4-3-5-19-17/h3-5,11,13H,6-10,12H2,1-2H3,(H,20,25)(H,21,22)/t13-/m1/s1. The topological polar surface area (TPSA) is 90.0 Å². The number of rotatable bonds is 6. The van der Waals surface area contributed by atoms with E-state index in [1.54, 1.807) is 12.4 Å². The highest BCUT2D eigenvalue weighted by Gasteiger charge is 2.21. The summed E-state index contributed by atoms with van der Waals surface area (Å²) in [5.74, 6) is 0.818. The van der Waals surface area contributed by atoms with Gasteiger partial charge in [0.25, 0.3) is 0 Å². The van der Waals surface area contributed by atoms with E-state index >= 15 is 0 Å². The van der Waals surface area contributed by atoms with Crippen molar-refractivity contribution >= 4 is 11.9 Å². The number of carbonyl (C=O) groups excluding carboxylic acids is 1. The normalized spacial score (nSPS) is 16.6. The monoisotopic (exact) mass is 343 g/mol. The molecule has 0 aliphatic carbocycles. The Kier molecular flexibility index (Phi) is 5.60. The molecule has 1 atom stereocenters. The molecule has 2 aromatic heterocycles. The minimum Gasteiger partial charge on any atom is -0.352 e. The summed E-state index contributed by atoms with van der Waals surface area (Å²) in [6, 6.07) is 3.89. The number of aromatic amines is 1. The maximum atomic E-state index is 12.2. The van der Waals surface area contributed by atoms with Crippen LogP contribution >= 0.6 is 0 Å². The molecule has 1 aliphatic rings. The molecule has 0 spiro atoms. The highest BCUT2D eigenvalue weighted by Crippen LogP contribution is 2.09. The van der Waals surface area contributed by atoms with Gasteiger partial charge in [-0.3, -0.25) is 14.8 Å². The number of aryl methyl sites for hydroxylation is 1. The van der Waals surface area contributed by atoms with E-state index in [0.717, 1.165) is 49.9 Å². The lowest BCUT2D eigenvalue weighted by Gasteiger charge is -2.34. The molecule has 0 radical (unpaired) electrons. The van der Waals surface area contributed by atoms with E-state index in [1.807, 2.05) is 26.0 Å². The van der Waals surface area contributed by atoms with E-state index in [4.69, 9.17) is 0 Å². The molecule has 8 nitrogen and oxygen atoms in total. The van der Waals surface area contributed by atoms with Crippen molar-refractivity contribution in [3.8, 4) is 0 Å². The van der Waals surface area contributed by atoms with E-state index in [-0.39, 0.29) is 11.9 Å². The number of piperazine rings is 1. The van der Waals surface area contributed by atoms with Crippen molar-refractivity contribution in [2.24, 2.45) is 0 Å². The molecule has 3 rings (SSSR count). The van der Waals surface area contributed by atoms with Gasteiger partial charge < -0.3 is 10.2 Å². The molecule has 2 aromatic rings. The van der Waals surface area contributed by atoms with Gasteiger partial charge in [0, 0.05) is 56.7 Å². The molecule has 1 aliphatic heterocycles. The lowest BCUT2D eigenvalue weighted by atomic mass is 10.2. The molecule has 0 bridgehead atoms. The molecule has 0 unspecified atom stereocenters. The number of nitrogens with zero attached hydrogens (tertiary/aromatic N) is 5. The number of anilines is 1. The minimum absolute atomic E-state index is 0.0594. The van der Waals surface area contributed by atoms with Crippen LogP contribution in [0.15, 0.2) is 24.5 Å². The van der Waals surface area contributed by atoms with Crippen LogP contribution in [0.2, 0.25) is 0 Å². The number of H-pyrrole nitrogens is 1. The number of hydrogen-bond donors (Lipinski definition) is 2. The first-order chi connectivity index (χ1) is 12.1. The molecule has 0 saturated carbocycles. The Balaban J connectivity index is 1.40. The van der Waals surface area contributed by atoms with Crippen LogP contribution in [0.25, 0.3) is 0 Å². The van der Waals surface area contributed by atoms with Gasteiger partial charge in [-0.2, -0.15) is 5.10 Å². The Morgan fingerprint density at radius 3 is 2.64 bits per heavy atom. The van der Waals surface area contributed by atoms with Gasteiger partial charge in [0.15, 0.2) is 0 Å². The average Bonchev–Trinajstić information content (AvgIpc) is 3.01. The van der Waals surface area contributed by atoms with Gasteiger partial charge in [0.1, 0.15) is 0 Å². The summed E-state index contributed by atoms with van der Waals surface area (Å²) in [6.45, 7) is 7.73. The number of aromatic nitrogens is 4. The van der Waals surface area contributed by atoms with E-state index < -0.39 is 0 Å². The fraction of sp³-hybridized carbons (Fsp3) is 0.529. The predicted molar refractivity (Wildman–Crippen MR) is 95.3 cm³/mol. The summed E-state index contributed by atoms with van der Waals surface area (Å²) in [5, 5.41) is 10.2. The maximum absolute atomic E-state index is 12.2. The third-order valence-corrected chi connectivity index (χ3v) is 4.26. The molecule has 0 aromatic carbocycles. The van der Waals surface area contributed by atoms with Gasteiger partial charge in [-0.25, -0.2) is 9.97 Å². The second kappa shape index (κ2) is 8.06. The van der Waals surface area contributed by atoms with E-state index in [0.29, 0.717) is 6.54 Å². The summed E-state index contributed by atoms with van der Waals surface area (Å²) in [7, 11) is 0. The fourth-order valence-electron chi connectivity index (χ4n) is 3.03. The minimum atomic E-state index is 0.0594. The van der Waals surface area contributed by atoms with Crippen LogP contribution in [-0.4, -0.2) is 69.7 Å². The molecule has 1 amide bonds. The number of hydrogen-bond acceptors (Lipinski definition) is 6. The summed E-state index contributed by atoms with van der Waals surface area (Å²) >= 11 is 0. The van der Waals surface area contributed by atoms with Crippen molar-refractivity contribution in [2.75, 3.05) is 37.6 Å². The van der Waals surface area contributed by atoms with E-state index in [2.05, 4.69) is 35.3 Å². The smallest absolute Gasteiger partial charge is 0.234 e. The van der Waals surface area contributed by atoms with Crippen molar-refractivity contribution in [2.45, 2.75) is 26.3 Å². The molecule has 8 heteroatoms. The zero-order chi connectivity index (χ0) is 17.6. The Labute approximate surface area is 147 Å². The summed E-state index contributed by atoms with van der Waals surface area (Å²) in [6.07, 6.45) is 4.24. The molecule has 1 fully saturated rings. The van der Waals surface area contributed by atoms with Crippen LogP contribution in [0.1, 0.15) is 18.3 Å². The molecule has 134 valence electrons. The van der Waals surface area contributed by atoms with Gasteiger partial charge in [0.2, 0.25) is 11.9 Å². The Morgan fingerprint density at radius 2 is 2.00 bits per heavy atom. The first-order valence-corrected chi connectivity index (χ1v) is 8.65. The quantitative estimate of drug-likeness (QED) is 0.788. The van der Waals surface area contributed by atoms with E-state index in [9.17, 15) is 4.79 Å². The van der Waals surface area contributed by atoms with Gasteiger partial charge in [-0.1, -0.05) is 0 Å². The van der Waals surface area contributed by atoms with Crippen LogP contribution in [0.5, 0.6) is 0 Å². The van der Waals surface area contributed by atoms with Crippen molar-refractivity contribution < 1.29 is 4.79 Å². The number of nitrogens with one attached hydrogen (secondary N) is 2. The van der Waals surface area contributed by atoms with Gasteiger partial charge in [0.05, 0.1) is 12.2 Å². The average molecular weight is 343 g/mol. The van der Waals surface area contributed by atoms with Crippen LogP contribution in [-0.2, 0) is 11.2 Å². The van der Waals surface area contributed by atoms with Crippen LogP contribution in [0.4, 0.5) is 5.95 Å². The fourth-order valence-corrected chi connectivity index (χ4v) is 3.03. The first-order valence-electron chi connectivity index (χ1n) is 8.65. The van der Waals surface area contributed by atoms with Gasteiger partial charge in [-0.05, 0) is 26.0 Å². The SMILES string of the molecule is Cc1cc(C[C@@H](C)NC(=O)CN2CCN(c3ncccn3)CC2)n[nH]1. The third kappa shape index (κ3) is 4.99. The first kappa shape index (κ1) is 17.3. The second-order valence-corrected chi connectivity index (χ2v) is 6.53. The summed E-state index contributed by atoms with van der Waals surface area (Å²) in [5.41, 5.74) is 2.01. The number of carbonyl (C=O) groups is 1. The Hall–Kier alpha value is -2.48. The molecule has 2 N–H and O–H groups in total. The van der Waals surface area contributed by atoms with Crippen LogP contribution in [0, 0.1) is 6.92 Å². The zero-order valence-electron chi connectivity index (χ0n) is 14.8. The van der Waals surface area contributed by atoms with Crippen molar-refractivity contribution in [3.63, 3.8) is 0 Å². The lowest BCUT2D eigenvalue weighted by Crippen LogP contribution is -2.50. The van der Waals surface area contributed by atoms with Gasteiger partial charge >= 0.3 is 0 Å². The summed E-state index contributed by atoms with van der Waals surface area (Å²) in [4.78, 5) is 25.1. The van der Waals surface area contributed by atoms with Crippen molar-refractivity contribution in [3.05, 3.63) is 35.9 Å². The Bertz CT molecular complexity index is 679. The summed E-state index contributed by atoms with van der Waals surface area (Å²) < 4.78 is 0. The highest BCUT2D eigenvalue weighted by atomic mass is 16.2. The van der Waals surface area contributed by atoms with Crippen LogP contribution in [0.3, 0.4) is 0 Å². The van der Waals surface area contributed by atoms with Crippen molar-refractivity contribution in [1.29, 1.82) is 0 Å². The second-order valence-electron chi connectivity index (χ2n) is 6.53. The largest absolute Gasteiger partial charge is 0.352 e. The Morgan fingerprint density at radius 1 is 1.28 bits per heavy atom. The molecule has 3 heterocycles. The lowest BCUT2D eigenvalue weighted by molar-refractivity contribution is -0.122. The third-order valence-electron chi connectivity index (χ3n) is 4.26. The molecular formula is C17H25N7O. The highest BCUT2D eigenvalue weighted by molar-refractivity contribution is 5.78. The van der Waals surface area contributed by atoms with Crippen molar-refractivity contribution in [1.82, 2.24) is 30.4 Å². The maximum Gasteiger partial charge on any atom is 0.234 e. The zero-order valence-corrected chi connectivity index (χ0v) is 14.8. The van der Waals surface area contributed by atoms with Gasteiger partial charge in [-0.15, -0.1) is 0 Å². The number of amides is 1.